The second-order valence-electron chi connectivity index (χ2n) is 4.16. The lowest BCUT2D eigenvalue weighted by Gasteiger charge is -2.19. The summed E-state index contributed by atoms with van der Waals surface area (Å²) in [4.78, 5) is 16.8. The second kappa shape index (κ2) is 5.49. The number of hydrogen-bond donors (Lipinski definition) is 1. The number of rotatable bonds is 3. The molecule has 0 radical (unpaired) electrons. The number of nitrogens with zero attached hydrogens (tertiary/aromatic N) is 2. The molecule has 88 valence electrons. The van der Waals surface area contributed by atoms with E-state index in [9.17, 15) is 4.79 Å². The molecule has 1 rings (SSSR count). The van der Waals surface area contributed by atoms with E-state index in [2.05, 4.69) is 11.1 Å². The summed E-state index contributed by atoms with van der Waals surface area (Å²) in [5.74, 6) is -0.842. The Morgan fingerprint density at radius 2 is 2.31 bits per heavy atom. The van der Waals surface area contributed by atoms with Crippen molar-refractivity contribution in [3.8, 4) is 0 Å². The standard InChI is InChI=1S/C12H18N2O2/c1-9(2)13-11(12(15)16)14(3)8-10-6-4-5-7-10/h4-6,9H,7-8H2,1-3H3,(H,15,16). The van der Waals surface area contributed by atoms with Gasteiger partial charge in [0.25, 0.3) is 0 Å². The van der Waals surface area contributed by atoms with E-state index < -0.39 is 5.97 Å². The van der Waals surface area contributed by atoms with Gasteiger partial charge < -0.3 is 10.0 Å². The molecule has 0 aromatic heterocycles. The molecule has 4 nitrogen and oxygen atoms in total. The van der Waals surface area contributed by atoms with E-state index in [1.807, 2.05) is 26.0 Å². The molecule has 0 aromatic carbocycles. The second-order valence-corrected chi connectivity index (χ2v) is 4.16. The van der Waals surface area contributed by atoms with Crippen molar-refractivity contribution in [1.29, 1.82) is 0 Å². The van der Waals surface area contributed by atoms with Gasteiger partial charge in [-0.1, -0.05) is 18.2 Å². The summed E-state index contributed by atoms with van der Waals surface area (Å²) in [6, 6.07) is -0.00997. The zero-order valence-corrected chi connectivity index (χ0v) is 9.97. The van der Waals surface area contributed by atoms with Crippen LogP contribution < -0.4 is 0 Å². The Labute approximate surface area is 96.0 Å². The van der Waals surface area contributed by atoms with Gasteiger partial charge in [0.15, 0.2) is 0 Å². The van der Waals surface area contributed by atoms with Gasteiger partial charge in [0.1, 0.15) is 0 Å². The first-order valence-electron chi connectivity index (χ1n) is 5.37. The van der Waals surface area contributed by atoms with Crippen molar-refractivity contribution in [2.75, 3.05) is 13.6 Å². The molecular formula is C12H18N2O2. The average molecular weight is 222 g/mol. The molecule has 0 aromatic rings. The number of aliphatic imine (C=N–C) groups is 1. The number of carbonyl (C=O) groups is 1. The van der Waals surface area contributed by atoms with E-state index in [0.29, 0.717) is 6.54 Å². The molecule has 0 fully saturated rings. The lowest BCUT2D eigenvalue weighted by Crippen LogP contribution is -2.35. The minimum atomic E-state index is -0.970. The highest BCUT2D eigenvalue weighted by Crippen LogP contribution is 2.11. The van der Waals surface area contributed by atoms with Crippen molar-refractivity contribution < 1.29 is 9.90 Å². The maximum Gasteiger partial charge on any atom is 0.371 e. The first-order chi connectivity index (χ1) is 7.50. The quantitative estimate of drug-likeness (QED) is 0.584. The summed E-state index contributed by atoms with van der Waals surface area (Å²) < 4.78 is 0. The third-order valence-corrected chi connectivity index (χ3v) is 2.22. The van der Waals surface area contributed by atoms with Gasteiger partial charge in [-0.3, -0.25) is 4.99 Å². The summed E-state index contributed by atoms with van der Waals surface area (Å²) >= 11 is 0. The van der Waals surface area contributed by atoms with Crippen LogP contribution in [0.25, 0.3) is 0 Å². The van der Waals surface area contributed by atoms with Crippen molar-refractivity contribution >= 4 is 11.8 Å². The Morgan fingerprint density at radius 1 is 1.62 bits per heavy atom. The lowest BCUT2D eigenvalue weighted by atomic mass is 10.2. The number of aliphatic carboxylic acids is 1. The molecule has 4 heteroatoms. The van der Waals surface area contributed by atoms with Crippen LogP contribution in [0.2, 0.25) is 0 Å². The Balaban J connectivity index is 2.68. The van der Waals surface area contributed by atoms with Gasteiger partial charge in [-0.2, -0.15) is 0 Å². The van der Waals surface area contributed by atoms with Gasteiger partial charge in [-0.05, 0) is 25.8 Å². The molecule has 1 aliphatic carbocycles. The molecule has 0 unspecified atom stereocenters. The molecule has 0 bridgehead atoms. The van der Waals surface area contributed by atoms with E-state index in [1.165, 1.54) is 5.57 Å². The average Bonchev–Trinajstić information content (AvgIpc) is 2.65. The van der Waals surface area contributed by atoms with Crippen molar-refractivity contribution in [3.63, 3.8) is 0 Å². The van der Waals surface area contributed by atoms with Crippen LogP contribution in [0.5, 0.6) is 0 Å². The van der Waals surface area contributed by atoms with Crippen LogP contribution in [0.1, 0.15) is 20.3 Å². The smallest absolute Gasteiger partial charge is 0.371 e. The van der Waals surface area contributed by atoms with Gasteiger partial charge in [0.2, 0.25) is 5.84 Å². The number of hydrogen-bond acceptors (Lipinski definition) is 2. The highest BCUT2D eigenvalue weighted by Gasteiger charge is 2.16. The van der Waals surface area contributed by atoms with Gasteiger partial charge in [-0.15, -0.1) is 0 Å². The molecule has 0 aliphatic heterocycles. The van der Waals surface area contributed by atoms with E-state index >= 15 is 0 Å². The zero-order chi connectivity index (χ0) is 12.1. The molecule has 16 heavy (non-hydrogen) atoms. The first kappa shape index (κ1) is 12.5. The SMILES string of the molecule is CC(C)N=C(C(=O)O)N(C)CC1=CC=CC1. The first-order valence-corrected chi connectivity index (χ1v) is 5.37. The third-order valence-electron chi connectivity index (χ3n) is 2.22. The molecule has 0 amide bonds. The van der Waals surface area contributed by atoms with Crippen LogP contribution in [0.15, 0.2) is 28.8 Å². The highest BCUT2D eigenvalue weighted by molar-refractivity contribution is 6.34. The van der Waals surface area contributed by atoms with Gasteiger partial charge in [0.05, 0.1) is 0 Å². The number of carboxylic acids is 1. The number of carboxylic acid groups (broad SMARTS) is 1. The van der Waals surface area contributed by atoms with Crippen molar-refractivity contribution in [2.45, 2.75) is 26.3 Å². The highest BCUT2D eigenvalue weighted by atomic mass is 16.4. The topological polar surface area (TPSA) is 52.9 Å². The van der Waals surface area contributed by atoms with Crippen molar-refractivity contribution in [1.82, 2.24) is 4.90 Å². The number of allylic oxidation sites excluding steroid dienone is 3. The molecule has 1 N–H and O–H groups in total. The Kier molecular flexibility index (Phi) is 4.28. The fourth-order valence-corrected chi connectivity index (χ4v) is 1.55. The lowest BCUT2D eigenvalue weighted by molar-refractivity contribution is -0.130. The summed E-state index contributed by atoms with van der Waals surface area (Å²) in [5, 5.41) is 9.06. The zero-order valence-electron chi connectivity index (χ0n) is 9.97. The molecule has 0 saturated heterocycles. The predicted molar refractivity (Wildman–Crippen MR) is 64.7 cm³/mol. The number of amidine groups is 1. The third kappa shape index (κ3) is 3.53. The molecule has 0 heterocycles. The summed E-state index contributed by atoms with van der Waals surface area (Å²) in [6.07, 6.45) is 6.97. The van der Waals surface area contributed by atoms with Crippen LogP contribution in [-0.2, 0) is 4.79 Å². The Bertz CT molecular complexity index is 354. The Hall–Kier alpha value is -1.58. The van der Waals surface area contributed by atoms with Crippen LogP contribution in [0.4, 0.5) is 0 Å². The van der Waals surface area contributed by atoms with Crippen molar-refractivity contribution in [2.24, 2.45) is 4.99 Å². The van der Waals surface area contributed by atoms with Crippen LogP contribution in [-0.4, -0.2) is 41.4 Å². The maximum atomic E-state index is 11.0. The molecule has 0 atom stereocenters. The summed E-state index contributed by atoms with van der Waals surface area (Å²) in [7, 11) is 1.76. The van der Waals surface area contributed by atoms with E-state index in [-0.39, 0.29) is 11.9 Å². The summed E-state index contributed by atoms with van der Waals surface area (Å²) in [6.45, 7) is 4.35. The van der Waals surface area contributed by atoms with Gasteiger partial charge in [-0.25, -0.2) is 4.79 Å². The molecule has 0 spiro atoms. The van der Waals surface area contributed by atoms with E-state index in [1.54, 1.807) is 11.9 Å². The minimum absolute atomic E-state index is 0.00997. The monoisotopic (exact) mass is 222 g/mol. The maximum absolute atomic E-state index is 11.0. The molecule has 1 aliphatic rings. The van der Waals surface area contributed by atoms with Gasteiger partial charge >= 0.3 is 5.97 Å². The Morgan fingerprint density at radius 3 is 2.75 bits per heavy atom. The van der Waals surface area contributed by atoms with E-state index in [4.69, 9.17) is 5.11 Å². The van der Waals surface area contributed by atoms with Crippen LogP contribution >= 0.6 is 0 Å². The predicted octanol–water partition coefficient (Wildman–Crippen LogP) is 1.70. The fourth-order valence-electron chi connectivity index (χ4n) is 1.55. The van der Waals surface area contributed by atoms with Crippen molar-refractivity contribution in [3.05, 3.63) is 23.8 Å². The van der Waals surface area contributed by atoms with Crippen LogP contribution in [0.3, 0.4) is 0 Å². The molecule has 0 saturated carbocycles. The molecular weight excluding hydrogens is 204 g/mol. The minimum Gasteiger partial charge on any atom is -0.475 e. The number of likely N-dealkylation sites (N-methyl/N-ethyl adjacent to an activating group) is 1. The van der Waals surface area contributed by atoms with E-state index in [0.717, 1.165) is 6.42 Å². The van der Waals surface area contributed by atoms with Crippen LogP contribution in [0, 0.1) is 0 Å². The fraction of sp³-hybridized carbons (Fsp3) is 0.500. The largest absolute Gasteiger partial charge is 0.475 e. The van der Waals surface area contributed by atoms with Gasteiger partial charge in [0, 0.05) is 19.6 Å². The normalized spacial score (nSPS) is 15.5. The summed E-state index contributed by atoms with van der Waals surface area (Å²) in [5.41, 5.74) is 1.21.